The van der Waals surface area contributed by atoms with Crippen LogP contribution in [0.15, 0.2) is 58.8 Å². The molecule has 2 heterocycles. The van der Waals surface area contributed by atoms with Gasteiger partial charge in [0.2, 0.25) is 5.65 Å². The number of methoxy groups -OCH3 is 1. The largest absolute Gasteiger partial charge is 0.497 e. The van der Waals surface area contributed by atoms with E-state index in [2.05, 4.69) is 16.8 Å². The Balaban J connectivity index is 2.06. The van der Waals surface area contributed by atoms with E-state index in [-0.39, 0.29) is 5.56 Å². The zero-order valence-electron chi connectivity index (χ0n) is 12.9. The maximum absolute atomic E-state index is 12.7. The van der Waals surface area contributed by atoms with Crippen LogP contribution in [0.25, 0.3) is 11.3 Å². The van der Waals surface area contributed by atoms with Crippen molar-refractivity contribution in [2.45, 2.75) is 12.1 Å². The summed E-state index contributed by atoms with van der Waals surface area (Å²) in [5, 5.41) is 8.79. The summed E-state index contributed by atoms with van der Waals surface area (Å²) in [5.41, 5.74) is 1.82. The maximum Gasteiger partial charge on any atom is 0.300 e. The highest BCUT2D eigenvalue weighted by Gasteiger charge is 2.12. The second-order valence-electron chi connectivity index (χ2n) is 5.10. The Morgan fingerprint density at radius 1 is 1.35 bits per heavy atom. The molecule has 0 N–H and O–H groups in total. The molecule has 6 nitrogen and oxygen atoms in total. The molecule has 0 aliphatic heterocycles. The van der Waals surface area contributed by atoms with Crippen LogP contribution in [-0.4, -0.2) is 32.0 Å². The SMILES string of the molecule is C=C(C)CSc1nnc2c(=O)n(-c3cccc(OC)c3)ccn12. The van der Waals surface area contributed by atoms with Crippen molar-refractivity contribution < 1.29 is 4.74 Å². The Labute approximate surface area is 137 Å². The van der Waals surface area contributed by atoms with E-state index in [0.717, 1.165) is 17.0 Å². The van der Waals surface area contributed by atoms with E-state index in [0.29, 0.717) is 16.6 Å². The highest BCUT2D eigenvalue weighted by molar-refractivity contribution is 7.99. The van der Waals surface area contributed by atoms with Crippen LogP contribution in [0.4, 0.5) is 0 Å². The van der Waals surface area contributed by atoms with Crippen molar-refractivity contribution in [2.24, 2.45) is 0 Å². The van der Waals surface area contributed by atoms with E-state index in [9.17, 15) is 4.79 Å². The summed E-state index contributed by atoms with van der Waals surface area (Å²) in [4.78, 5) is 12.7. The third-order valence-electron chi connectivity index (χ3n) is 3.22. The Hall–Kier alpha value is -2.54. The minimum atomic E-state index is -0.226. The average molecular weight is 328 g/mol. The van der Waals surface area contributed by atoms with Gasteiger partial charge in [0.15, 0.2) is 5.16 Å². The van der Waals surface area contributed by atoms with Crippen LogP contribution < -0.4 is 10.3 Å². The molecule has 23 heavy (non-hydrogen) atoms. The Kier molecular flexibility index (Phi) is 4.20. The van der Waals surface area contributed by atoms with E-state index in [4.69, 9.17) is 4.74 Å². The number of rotatable bonds is 5. The highest BCUT2D eigenvalue weighted by Crippen LogP contribution is 2.19. The molecular weight excluding hydrogens is 312 g/mol. The molecule has 0 saturated carbocycles. The topological polar surface area (TPSA) is 61.4 Å². The summed E-state index contributed by atoms with van der Waals surface area (Å²) < 4.78 is 8.43. The van der Waals surface area contributed by atoms with Crippen LogP contribution in [0, 0.1) is 0 Å². The predicted octanol–water partition coefficient (Wildman–Crippen LogP) is 2.56. The second kappa shape index (κ2) is 6.29. The van der Waals surface area contributed by atoms with Gasteiger partial charge in [0.25, 0.3) is 0 Å². The van der Waals surface area contributed by atoms with Crippen LogP contribution in [-0.2, 0) is 0 Å². The number of benzene rings is 1. The molecule has 0 aliphatic carbocycles. The van der Waals surface area contributed by atoms with Crippen molar-refractivity contribution in [3.05, 3.63) is 59.2 Å². The molecule has 0 aliphatic rings. The Morgan fingerprint density at radius 3 is 2.91 bits per heavy atom. The maximum atomic E-state index is 12.7. The van der Waals surface area contributed by atoms with Gasteiger partial charge < -0.3 is 4.74 Å². The quantitative estimate of drug-likeness (QED) is 0.532. The van der Waals surface area contributed by atoms with Gasteiger partial charge in [0.05, 0.1) is 12.8 Å². The van der Waals surface area contributed by atoms with Crippen LogP contribution in [0.1, 0.15) is 6.92 Å². The molecule has 0 atom stereocenters. The third kappa shape index (κ3) is 3.00. The zero-order chi connectivity index (χ0) is 16.4. The lowest BCUT2D eigenvalue weighted by Gasteiger charge is -2.08. The summed E-state index contributed by atoms with van der Waals surface area (Å²) in [6, 6.07) is 7.30. The van der Waals surface area contributed by atoms with E-state index in [1.807, 2.05) is 25.1 Å². The molecule has 3 aromatic rings. The smallest absolute Gasteiger partial charge is 0.300 e. The molecular formula is C16H16N4O2S. The van der Waals surface area contributed by atoms with Gasteiger partial charge in [0, 0.05) is 24.2 Å². The fourth-order valence-corrected chi connectivity index (χ4v) is 2.88. The van der Waals surface area contributed by atoms with Crippen LogP contribution in [0.5, 0.6) is 5.75 Å². The first-order valence-electron chi connectivity index (χ1n) is 6.98. The number of ether oxygens (including phenoxy) is 1. The molecule has 0 radical (unpaired) electrons. The molecule has 0 unspecified atom stereocenters. The van der Waals surface area contributed by atoms with Crippen LogP contribution in [0.3, 0.4) is 0 Å². The first-order valence-corrected chi connectivity index (χ1v) is 7.96. The number of hydrogen-bond donors (Lipinski definition) is 0. The molecule has 3 rings (SSSR count). The minimum Gasteiger partial charge on any atom is -0.497 e. The zero-order valence-corrected chi connectivity index (χ0v) is 13.7. The average Bonchev–Trinajstić information content (AvgIpc) is 2.97. The third-order valence-corrected chi connectivity index (χ3v) is 4.39. The molecule has 118 valence electrons. The van der Waals surface area contributed by atoms with Gasteiger partial charge in [-0.05, 0) is 19.1 Å². The number of hydrogen-bond acceptors (Lipinski definition) is 5. The summed E-state index contributed by atoms with van der Waals surface area (Å²) in [6.45, 7) is 5.82. The van der Waals surface area contributed by atoms with E-state index in [1.54, 1.807) is 30.0 Å². The van der Waals surface area contributed by atoms with Gasteiger partial charge in [-0.15, -0.1) is 10.2 Å². The normalized spacial score (nSPS) is 10.9. The first-order chi connectivity index (χ1) is 11.1. The lowest BCUT2D eigenvalue weighted by molar-refractivity contribution is 0.414. The summed E-state index contributed by atoms with van der Waals surface area (Å²) >= 11 is 1.50. The van der Waals surface area contributed by atoms with Crippen molar-refractivity contribution in [3.63, 3.8) is 0 Å². The summed E-state index contributed by atoms with van der Waals surface area (Å²) in [7, 11) is 1.59. The molecule has 0 fully saturated rings. The van der Waals surface area contributed by atoms with Crippen molar-refractivity contribution >= 4 is 17.4 Å². The predicted molar refractivity (Wildman–Crippen MR) is 90.7 cm³/mol. The Bertz CT molecular complexity index is 929. The monoisotopic (exact) mass is 328 g/mol. The van der Waals surface area contributed by atoms with Gasteiger partial charge in [-0.1, -0.05) is 30.0 Å². The highest BCUT2D eigenvalue weighted by atomic mass is 32.2. The lowest BCUT2D eigenvalue weighted by atomic mass is 10.3. The van der Waals surface area contributed by atoms with E-state index in [1.165, 1.54) is 16.3 Å². The number of nitrogens with zero attached hydrogens (tertiary/aromatic N) is 4. The van der Waals surface area contributed by atoms with Gasteiger partial charge in [0.1, 0.15) is 5.75 Å². The van der Waals surface area contributed by atoms with Crippen LogP contribution >= 0.6 is 11.8 Å². The van der Waals surface area contributed by atoms with Gasteiger partial charge in [-0.2, -0.15) is 0 Å². The number of aromatic nitrogens is 4. The molecule has 7 heteroatoms. The van der Waals surface area contributed by atoms with E-state index < -0.39 is 0 Å². The number of fused-ring (bicyclic) bond motifs is 1. The van der Waals surface area contributed by atoms with E-state index >= 15 is 0 Å². The first kappa shape index (κ1) is 15.4. The van der Waals surface area contributed by atoms with Crippen molar-refractivity contribution in [2.75, 3.05) is 12.9 Å². The Morgan fingerprint density at radius 2 is 2.17 bits per heavy atom. The summed E-state index contributed by atoms with van der Waals surface area (Å²) in [6.07, 6.45) is 3.50. The standard InChI is InChI=1S/C16H16N4O2S/c1-11(2)10-23-16-18-17-14-15(21)19(7-8-20(14)16)12-5-4-6-13(9-12)22-3/h4-9H,1,10H2,2-3H3. The van der Waals surface area contributed by atoms with Crippen molar-refractivity contribution in [1.29, 1.82) is 0 Å². The molecule has 2 aromatic heterocycles. The van der Waals surface area contributed by atoms with Gasteiger partial charge in [-0.3, -0.25) is 13.8 Å². The molecule has 1 aromatic carbocycles. The van der Waals surface area contributed by atoms with Crippen molar-refractivity contribution in [3.8, 4) is 11.4 Å². The molecule has 0 spiro atoms. The minimum absolute atomic E-state index is 0.226. The van der Waals surface area contributed by atoms with Crippen LogP contribution in [0.2, 0.25) is 0 Å². The lowest BCUT2D eigenvalue weighted by Crippen LogP contribution is -2.20. The van der Waals surface area contributed by atoms with Crippen molar-refractivity contribution in [1.82, 2.24) is 19.2 Å². The fourth-order valence-electron chi connectivity index (χ4n) is 2.12. The fraction of sp³-hybridized carbons (Fsp3) is 0.188. The second-order valence-corrected chi connectivity index (χ2v) is 6.04. The number of thioether (sulfide) groups is 1. The molecule has 0 saturated heterocycles. The molecule has 0 amide bonds. The van der Waals surface area contributed by atoms with Gasteiger partial charge >= 0.3 is 5.56 Å². The summed E-state index contributed by atoms with van der Waals surface area (Å²) in [5.74, 6) is 1.42. The van der Waals surface area contributed by atoms with Gasteiger partial charge in [-0.25, -0.2) is 0 Å². The molecule has 0 bridgehead atoms.